The molecule has 0 aromatic heterocycles. The van der Waals surface area contributed by atoms with Crippen LogP contribution in [0.5, 0.6) is 0 Å². The van der Waals surface area contributed by atoms with Gasteiger partial charge in [0.2, 0.25) is 5.91 Å². The molecule has 1 aromatic rings. The average molecular weight is 319 g/mol. The molecule has 0 aliphatic carbocycles. The molecule has 1 amide bonds. The van der Waals surface area contributed by atoms with E-state index in [1.54, 1.807) is 25.1 Å². The largest absolute Gasteiger partial charge is 0.393 e. The van der Waals surface area contributed by atoms with E-state index in [1.807, 2.05) is 11.9 Å². The van der Waals surface area contributed by atoms with Crippen LogP contribution < -0.4 is 5.32 Å². The summed E-state index contributed by atoms with van der Waals surface area (Å²) < 4.78 is 0. The van der Waals surface area contributed by atoms with Crippen LogP contribution in [0.3, 0.4) is 0 Å². The second kappa shape index (κ2) is 8.47. The Morgan fingerprint density at radius 2 is 2.10 bits per heavy atom. The summed E-state index contributed by atoms with van der Waals surface area (Å²) in [5.74, 6) is -0.113. The molecule has 1 rings (SSSR count). The first kappa shape index (κ1) is 17.2. The van der Waals surface area contributed by atoms with E-state index in [0.29, 0.717) is 35.1 Å². The quantitative estimate of drug-likeness (QED) is 0.812. The number of rotatable bonds is 7. The van der Waals surface area contributed by atoms with E-state index in [1.165, 1.54) is 0 Å². The fourth-order valence-electron chi connectivity index (χ4n) is 1.62. The highest BCUT2D eigenvalue weighted by Crippen LogP contribution is 2.25. The lowest BCUT2D eigenvalue weighted by atomic mass is 10.2. The second-order valence-corrected chi connectivity index (χ2v) is 5.71. The van der Waals surface area contributed by atoms with Crippen LogP contribution in [0.4, 0.5) is 5.69 Å². The van der Waals surface area contributed by atoms with Gasteiger partial charge in [-0.25, -0.2) is 0 Å². The predicted octanol–water partition coefficient (Wildman–Crippen LogP) is 3.02. The lowest BCUT2D eigenvalue weighted by Crippen LogP contribution is -2.26. The fraction of sp³-hybridized carbons (Fsp3) is 0.500. The van der Waals surface area contributed by atoms with Gasteiger partial charge in [-0.3, -0.25) is 4.79 Å². The van der Waals surface area contributed by atoms with Gasteiger partial charge in [0.05, 0.1) is 16.8 Å². The zero-order chi connectivity index (χ0) is 15.1. The minimum absolute atomic E-state index is 0.113. The summed E-state index contributed by atoms with van der Waals surface area (Å²) >= 11 is 11.8. The number of carbonyl (C=O) groups excluding carboxylic acids is 1. The van der Waals surface area contributed by atoms with Crippen LogP contribution in [0.1, 0.15) is 19.8 Å². The van der Waals surface area contributed by atoms with E-state index in [0.717, 1.165) is 6.54 Å². The van der Waals surface area contributed by atoms with Crippen LogP contribution in [0, 0.1) is 0 Å². The molecule has 0 heterocycles. The molecule has 6 heteroatoms. The molecule has 2 N–H and O–H groups in total. The van der Waals surface area contributed by atoms with E-state index in [2.05, 4.69) is 5.32 Å². The van der Waals surface area contributed by atoms with Crippen LogP contribution in [-0.2, 0) is 4.79 Å². The molecule has 1 unspecified atom stereocenters. The maximum Gasteiger partial charge on any atom is 0.225 e. The van der Waals surface area contributed by atoms with Crippen molar-refractivity contribution in [3.63, 3.8) is 0 Å². The molecular weight excluding hydrogens is 299 g/mol. The Morgan fingerprint density at radius 3 is 2.75 bits per heavy atom. The summed E-state index contributed by atoms with van der Waals surface area (Å²) in [6.07, 6.45) is 0.730. The third-order valence-corrected chi connectivity index (χ3v) is 3.42. The SMILES string of the molecule is CC(O)CCN(C)CCC(=O)Nc1cc(Cl)ccc1Cl. The molecule has 20 heavy (non-hydrogen) atoms. The van der Waals surface area contributed by atoms with Crippen molar-refractivity contribution in [3.05, 3.63) is 28.2 Å². The molecule has 4 nitrogen and oxygen atoms in total. The first-order valence-electron chi connectivity index (χ1n) is 6.50. The van der Waals surface area contributed by atoms with Crippen molar-refractivity contribution < 1.29 is 9.90 Å². The number of halogens is 2. The van der Waals surface area contributed by atoms with Gasteiger partial charge >= 0.3 is 0 Å². The second-order valence-electron chi connectivity index (χ2n) is 4.86. The Kier molecular flexibility index (Phi) is 7.30. The molecule has 0 aliphatic heterocycles. The van der Waals surface area contributed by atoms with Crippen LogP contribution in [0.25, 0.3) is 0 Å². The number of amides is 1. The highest BCUT2D eigenvalue weighted by molar-refractivity contribution is 6.35. The molecule has 0 spiro atoms. The number of hydrogen-bond donors (Lipinski definition) is 2. The zero-order valence-corrected chi connectivity index (χ0v) is 13.2. The number of benzene rings is 1. The van der Waals surface area contributed by atoms with E-state index in [9.17, 15) is 9.90 Å². The molecule has 0 fully saturated rings. The van der Waals surface area contributed by atoms with Crippen molar-refractivity contribution in [1.82, 2.24) is 4.90 Å². The normalized spacial score (nSPS) is 12.5. The first-order valence-corrected chi connectivity index (χ1v) is 7.25. The summed E-state index contributed by atoms with van der Waals surface area (Å²) in [4.78, 5) is 13.8. The van der Waals surface area contributed by atoms with Crippen molar-refractivity contribution in [2.24, 2.45) is 0 Å². The molecule has 0 saturated carbocycles. The van der Waals surface area contributed by atoms with Gasteiger partial charge in [0.1, 0.15) is 0 Å². The monoisotopic (exact) mass is 318 g/mol. The number of carbonyl (C=O) groups is 1. The lowest BCUT2D eigenvalue weighted by Gasteiger charge is -2.17. The molecule has 112 valence electrons. The summed E-state index contributed by atoms with van der Waals surface area (Å²) in [5.41, 5.74) is 0.524. The van der Waals surface area contributed by atoms with Crippen molar-refractivity contribution in [2.75, 3.05) is 25.5 Å². The summed E-state index contributed by atoms with van der Waals surface area (Å²) in [6, 6.07) is 4.94. The minimum atomic E-state index is -0.323. The molecule has 1 aromatic carbocycles. The maximum absolute atomic E-state index is 11.8. The highest BCUT2D eigenvalue weighted by Gasteiger charge is 2.08. The van der Waals surface area contributed by atoms with Gasteiger partial charge in [0, 0.05) is 24.5 Å². The topological polar surface area (TPSA) is 52.6 Å². The van der Waals surface area contributed by atoms with Crippen LogP contribution >= 0.6 is 23.2 Å². The van der Waals surface area contributed by atoms with E-state index >= 15 is 0 Å². The maximum atomic E-state index is 11.8. The molecule has 0 saturated heterocycles. The molecular formula is C14H20Cl2N2O2. The van der Waals surface area contributed by atoms with E-state index in [4.69, 9.17) is 23.2 Å². The summed E-state index contributed by atoms with van der Waals surface area (Å²) in [5, 5.41) is 12.9. The number of nitrogens with one attached hydrogen (secondary N) is 1. The number of anilines is 1. The highest BCUT2D eigenvalue weighted by atomic mass is 35.5. The Hall–Kier alpha value is -0.810. The van der Waals surface area contributed by atoms with Crippen LogP contribution in [-0.4, -0.2) is 42.2 Å². The van der Waals surface area contributed by atoms with Crippen LogP contribution in [0.2, 0.25) is 10.0 Å². The van der Waals surface area contributed by atoms with Crippen molar-refractivity contribution in [1.29, 1.82) is 0 Å². The Bertz CT molecular complexity index is 453. The van der Waals surface area contributed by atoms with E-state index in [-0.39, 0.29) is 12.0 Å². The van der Waals surface area contributed by atoms with Gasteiger partial charge < -0.3 is 15.3 Å². The molecule has 0 bridgehead atoms. The number of aliphatic hydroxyl groups is 1. The fourth-order valence-corrected chi connectivity index (χ4v) is 1.95. The van der Waals surface area contributed by atoms with Gasteiger partial charge in [0.15, 0.2) is 0 Å². The van der Waals surface area contributed by atoms with Gasteiger partial charge in [-0.1, -0.05) is 23.2 Å². The smallest absolute Gasteiger partial charge is 0.225 e. The lowest BCUT2D eigenvalue weighted by molar-refractivity contribution is -0.116. The van der Waals surface area contributed by atoms with E-state index < -0.39 is 0 Å². The average Bonchev–Trinajstić information content (AvgIpc) is 2.38. The number of hydrogen-bond acceptors (Lipinski definition) is 3. The number of nitrogens with zero attached hydrogens (tertiary/aromatic N) is 1. The van der Waals surface area contributed by atoms with Gasteiger partial charge in [-0.05, 0) is 38.6 Å². The summed E-state index contributed by atoms with van der Waals surface area (Å²) in [7, 11) is 1.92. The van der Waals surface area contributed by atoms with Crippen molar-refractivity contribution in [3.8, 4) is 0 Å². The Labute approximate surface area is 129 Å². The minimum Gasteiger partial charge on any atom is -0.393 e. The van der Waals surface area contributed by atoms with Gasteiger partial charge in [-0.15, -0.1) is 0 Å². The zero-order valence-electron chi connectivity index (χ0n) is 11.7. The summed E-state index contributed by atoms with van der Waals surface area (Å²) in [6.45, 7) is 3.13. The molecule has 0 radical (unpaired) electrons. The predicted molar refractivity (Wildman–Crippen MR) is 83.5 cm³/mol. The molecule has 1 atom stereocenters. The molecule has 0 aliphatic rings. The van der Waals surface area contributed by atoms with Gasteiger partial charge in [0.25, 0.3) is 0 Å². The third-order valence-electron chi connectivity index (χ3n) is 2.85. The van der Waals surface area contributed by atoms with Crippen molar-refractivity contribution >= 4 is 34.8 Å². The van der Waals surface area contributed by atoms with Gasteiger partial charge in [-0.2, -0.15) is 0 Å². The van der Waals surface area contributed by atoms with Crippen LogP contribution in [0.15, 0.2) is 18.2 Å². The third kappa shape index (κ3) is 6.57. The first-order chi connectivity index (χ1) is 9.38. The van der Waals surface area contributed by atoms with Crippen molar-refractivity contribution in [2.45, 2.75) is 25.9 Å². The standard InChI is InChI=1S/C14H20Cl2N2O2/c1-10(19)5-7-18(2)8-6-14(20)17-13-9-11(15)3-4-12(13)16/h3-4,9-10,19H,5-8H2,1-2H3,(H,17,20). The Morgan fingerprint density at radius 1 is 1.40 bits per heavy atom. The Balaban J connectivity index is 2.38. The number of aliphatic hydroxyl groups excluding tert-OH is 1.